The monoisotopic (exact) mass is 310 g/mol. The van der Waals surface area contributed by atoms with Gasteiger partial charge in [-0.15, -0.1) is 0 Å². The molecule has 2 aromatic carbocycles. The molecular weight excluding hydrogens is 295 g/mol. The quantitative estimate of drug-likeness (QED) is 0.877. The lowest BCUT2D eigenvalue weighted by Gasteiger charge is -2.06. The molecule has 4 nitrogen and oxygen atoms in total. The number of halogens is 1. The second-order valence-corrected chi connectivity index (χ2v) is 4.86. The molecule has 23 heavy (non-hydrogen) atoms. The number of hydrogen-bond donors (Lipinski definition) is 1. The highest BCUT2D eigenvalue weighted by atomic mass is 19.1. The Hall–Kier alpha value is -3.13. The standard InChI is InChI=1S/C18H15FN2O2/c1-12-3-4-14(11-20)10-16(12)21-18(22)8-6-13-5-7-17(23-2)15(19)9-13/h3-10H,1-2H3,(H,21,22). The van der Waals surface area contributed by atoms with Crippen LogP contribution < -0.4 is 10.1 Å². The molecule has 0 unspecified atom stereocenters. The molecule has 2 rings (SSSR count). The van der Waals surface area contributed by atoms with E-state index in [0.29, 0.717) is 16.8 Å². The zero-order chi connectivity index (χ0) is 16.8. The van der Waals surface area contributed by atoms with Crippen molar-refractivity contribution in [2.75, 3.05) is 12.4 Å². The number of rotatable bonds is 4. The predicted molar refractivity (Wildman–Crippen MR) is 86.5 cm³/mol. The zero-order valence-corrected chi connectivity index (χ0v) is 12.8. The van der Waals surface area contributed by atoms with Gasteiger partial charge in [0.15, 0.2) is 11.6 Å². The summed E-state index contributed by atoms with van der Waals surface area (Å²) < 4.78 is 18.4. The zero-order valence-electron chi connectivity index (χ0n) is 12.8. The molecule has 116 valence electrons. The van der Waals surface area contributed by atoms with E-state index in [0.717, 1.165) is 5.56 Å². The van der Waals surface area contributed by atoms with Crippen molar-refractivity contribution in [2.24, 2.45) is 0 Å². The highest BCUT2D eigenvalue weighted by Crippen LogP contribution is 2.19. The fourth-order valence-corrected chi connectivity index (χ4v) is 1.96. The van der Waals surface area contributed by atoms with Gasteiger partial charge in [-0.3, -0.25) is 4.79 Å². The summed E-state index contributed by atoms with van der Waals surface area (Å²) in [5, 5.41) is 11.6. The minimum absolute atomic E-state index is 0.149. The van der Waals surface area contributed by atoms with Crippen LogP contribution in [-0.2, 0) is 4.79 Å². The summed E-state index contributed by atoms with van der Waals surface area (Å²) in [6.45, 7) is 1.83. The molecule has 0 atom stereocenters. The third-order valence-corrected chi connectivity index (χ3v) is 3.23. The van der Waals surface area contributed by atoms with E-state index in [1.54, 1.807) is 24.3 Å². The summed E-state index contributed by atoms with van der Waals surface area (Å²) in [6.07, 6.45) is 2.81. The van der Waals surface area contributed by atoms with E-state index in [-0.39, 0.29) is 11.7 Å². The lowest BCUT2D eigenvalue weighted by molar-refractivity contribution is -0.111. The summed E-state index contributed by atoms with van der Waals surface area (Å²) in [5.74, 6) is -0.706. The summed E-state index contributed by atoms with van der Waals surface area (Å²) in [5.41, 5.74) is 2.42. The minimum Gasteiger partial charge on any atom is -0.494 e. The van der Waals surface area contributed by atoms with Crippen LogP contribution in [0.3, 0.4) is 0 Å². The van der Waals surface area contributed by atoms with Gasteiger partial charge in [0.25, 0.3) is 0 Å². The Morgan fingerprint density at radius 1 is 1.30 bits per heavy atom. The van der Waals surface area contributed by atoms with Gasteiger partial charge in [0.1, 0.15) is 0 Å². The molecule has 1 N–H and O–H groups in total. The van der Waals surface area contributed by atoms with Crippen LogP contribution in [0.1, 0.15) is 16.7 Å². The topological polar surface area (TPSA) is 62.1 Å². The maximum atomic E-state index is 13.6. The van der Waals surface area contributed by atoms with Gasteiger partial charge in [0.2, 0.25) is 5.91 Å². The molecule has 0 fully saturated rings. The lowest BCUT2D eigenvalue weighted by atomic mass is 10.1. The number of nitrogens with zero attached hydrogens (tertiary/aromatic N) is 1. The molecule has 2 aromatic rings. The summed E-state index contributed by atoms with van der Waals surface area (Å²) in [4.78, 5) is 11.9. The van der Waals surface area contributed by atoms with Gasteiger partial charge >= 0.3 is 0 Å². The molecule has 0 heterocycles. The largest absolute Gasteiger partial charge is 0.494 e. The molecule has 0 spiro atoms. The minimum atomic E-state index is -0.493. The summed E-state index contributed by atoms with van der Waals surface area (Å²) in [6, 6.07) is 11.5. The molecule has 0 aromatic heterocycles. The van der Waals surface area contributed by atoms with E-state index in [1.807, 2.05) is 13.0 Å². The van der Waals surface area contributed by atoms with Crippen LogP contribution in [0.4, 0.5) is 10.1 Å². The van der Waals surface area contributed by atoms with Crippen LogP contribution in [-0.4, -0.2) is 13.0 Å². The first-order valence-corrected chi connectivity index (χ1v) is 6.87. The molecule has 0 saturated carbocycles. The van der Waals surface area contributed by atoms with Gasteiger partial charge in [-0.25, -0.2) is 4.39 Å². The van der Waals surface area contributed by atoms with E-state index in [2.05, 4.69) is 5.32 Å². The fraction of sp³-hybridized carbons (Fsp3) is 0.111. The Kier molecular flexibility index (Phi) is 5.11. The number of methoxy groups -OCH3 is 1. The number of aryl methyl sites for hydroxylation is 1. The number of amides is 1. The molecule has 0 bridgehead atoms. The number of nitriles is 1. The van der Waals surface area contributed by atoms with E-state index in [4.69, 9.17) is 10.00 Å². The molecule has 5 heteroatoms. The normalized spacial score (nSPS) is 10.3. The van der Waals surface area contributed by atoms with E-state index in [9.17, 15) is 9.18 Å². The number of carbonyl (C=O) groups is 1. The highest BCUT2D eigenvalue weighted by Gasteiger charge is 2.04. The van der Waals surface area contributed by atoms with E-state index in [1.165, 1.54) is 31.4 Å². The van der Waals surface area contributed by atoms with Crippen LogP contribution in [0.2, 0.25) is 0 Å². The Morgan fingerprint density at radius 3 is 2.74 bits per heavy atom. The number of nitrogens with one attached hydrogen (secondary N) is 1. The van der Waals surface area contributed by atoms with Gasteiger partial charge in [-0.1, -0.05) is 12.1 Å². The predicted octanol–water partition coefficient (Wildman–Crippen LogP) is 3.67. The Morgan fingerprint density at radius 2 is 2.09 bits per heavy atom. The Bertz CT molecular complexity index is 807. The van der Waals surface area contributed by atoms with Crippen LogP contribution >= 0.6 is 0 Å². The van der Waals surface area contributed by atoms with Gasteiger partial charge < -0.3 is 10.1 Å². The molecule has 1 amide bonds. The molecule has 0 aliphatic heterocycles. The van der Waals surface area contributed by atoms with Crippen molar-refractivity contribution in [2.45, 2.75) is 6.92 Å². The highest BCUT2D eigenvalue weighted by molar-refractivity contribution is 6.02. The number of carbonyl (C=O) groups excluding carboxylic acids is 1. The second-order valence-electron chi connectivity index (χ2n) is 4.86. The van der Waals surface area contributed by atoms with Gasteiger partial charge in [-0.2, -0.15) is 5.26 Å². The van der Waals surface area contributed by atoms with Crippen molar-refractivity contribution in [1.82, 2.24) is 0 Å². The lowest BCUT2D eigenvalue weighted by Crippen LogP contribution is -2.09. The summed E-state index contributed by atoms with van der Waals surface area (Å²) >= 11 is 0. The third-order valence-electron chi connectivity index (χ3n) is 3.23. The maximum absolute atomic E-state index is 13.6. The third kappa shape index (κ3) is 4.17. The van der Waals surface area contributed by atoms with Gasteiger partial charge in [0.05, 0.1) is 18.7 Å². The molecule has 0 aliphatic rings. The SMILES string of the molecule is COc1ccc(C=CC(=O)Nc2cc(C#N)ccc2C)cc1F. The first-order chi connectivity index (χ1) is 11.0. The van der Waals surface area contributed by atoms with Crippen molar-refractivity contribution in [3.8, 4) is 11.8 Å². The first-order valence-electron chi connectivity index (χ1n) is 6.87. The smallest absolute Gasteiger partial charge is 0.248 e. The van der Waals surface area contributed by atoms with Crippen molar-refractivity contribution in [3.05, 3.63) is 65.0 Å². The number of ether oxygens (including phenoxy) is 1. The van der Waals surface area contributed by atoms with Crippen LogP contribution in [0.25, 0.3) is 6.08 Å². The van der Waals surface area contributed by atoms with Crippen molar-refractivity contribution >= 4 is 17.7 Å². The number of anilines is 1. The van der Waals surface area contributed by atoms with E-state index >= 15 is 0 Å². The molecule has 0 aliphatic carbocycles. The van der Waals surface area contributed by atoms with Crippen molar-refractivity contribution in [1.29, 1.82) is 5.26 Å². The van der Waals surface area contributed by atoms with Crippen LogP contribution in [0.15, 0.2) is 42.5 Å². The van der Waals surface area contributed by atoms with Gasteiger partial charge in [0, 0.05) is 11.8 Å². The van der Waals surface area contributed by atoms with E-state index < -0.39 is 5.82 Å². The molecule has 0 saturated heterocycles. The first kappa shape index (κ1) is 16.2. The number of benzene rings is 2. The second kappa shape index (κ2) is 7.23. The van der Waals surface area contributed by atoms with Crippen molar-refractivity contribution in [3.63, 3.8) is 0 Å². The maximum Gasteiger partial charge on any atom is 0.248 e. The Balaban J connectivity index is 2.10. The number of hydrogen-bond acceptors (Lipinski definition) is 3. The van der Waals surface area contributed by atoms with Gasteiger partial charge in [-0.05, 0) is 48.4 Å². The van der Waals surface area contributed by atoms with Crippen LogP contribution in [0, 0.1) is 24.1 Å². The average Bonchev–Trinajstić information content (AvgIpc) is 2.55. The average molecular weight is 310 g/mol. The Labute approximate surface area is 133 Å². The van der Waals surface area contributed by atoms with Crippen molar-refractivity contribution < 1.29 is 13.9 Å². The van der Waals surface area contributed by atoms with Crippen LogP contribution in [0.5, 0.6) is 5.75 Å². The molecule has 0 radical (unpaired) electrons. The summed E-state index contributed by atoms with van der Waals surface area (Å²) in [7, 11) is 1.39. The fourth-order valence-electron chi connectivity index (χ4n) is 1.96. The molecular formula is C18H15FN2O2.